The van der Waals surface area contributed by atoms with Crippen molar-refractivity contribution in [2.24, 2.45) is 11.8 Å². The van der Waals surface area contributed by atoms with Crippen LogP contribution in [0.4, 0.5) is 10.1 Å². The van der Waals surface area contributed by atoms with Crippen LogP contribution in [0.25, 0.3) is 10.9 Å². The standard InChI is InChI=1S/C30H34FN5O7S2/c1-13-23-22(14(2)37)28(39)36(23)24(30(42)43)26(13)45-8-6-33-27(44)21-11-32-5-7-34(21)20-10-19-16(9-18(20)31)25(38)17(29(40)41)12-35(19)15-3-4-15/h9-10,12-15,21-23,32,37H,3-8,11H2,1-2H3,(H,33,44)(H,40,41)(H,42,43)/t13?,14-,21?,22+,23+/m1/s1. The molecular weight excluding hydrogens is 625 g/mol. The molecule has 1 saturated carbocycles. The number of hydrogen-bond acceptors (Lipinski definition) is 9. The van der Waals surface area contributed by atoms with Crippen molar-refractivity contribution in [3.05, 3.63) is 50.5 Å². The predicted molar refractivity (Wildman–Crippen MR) is 170 cm³/mol. The van der Waals surface area contributed by atoms with Crippen LogP contribution in [0.2, 0.25) is 0 Å². The van der Waals surface area contributed by atoms with Crippen molar-refractivity contribution < 1.29 is 34.1 Å². The van der Waals surface area contributed by atoms with Gasteiger partial charge in [-0.3, -0.25) is 9.59 Å². The number of anilines is 1. The van der Waals surface area contributed by atoms with Crippen LogP contribution in [0.15, 0.2) is 33.7 Å². The summed E-state index contributed by atoms with van der Waals surface area (Å²) in [6.07, 6.45) is 2.16. The van der Waals surface area contributed by atoms with Gasteiger partial charge in [0.1, 0.15) is 17.1 Å². The topological polar surface area (TPSA) is 164 Å². The van der Waals surface area contributed by atoms with Gasteiger partial charge < -0.3 is 40.3 Å². The van der Waals surface area contributed by atoms with E-state index in [9.17, 15) is 34.5 Å². The van der Waals surface area contributed by atoms with E-state index >= 15 is 4.39 Å². The molecule has 1 aliphatic carbocycles. The number of carbonyl (C=O) groups is 3. The third-order valence-electron chi connectivity index (χ3n) is 9.10. The number of thiocarbonyl (C=S) groups is 1. The van der Waals surface area contributed by atoms with Gasteiger partial charge in [0.15, 0.2) is 0 Å². The van der Waals surface area contributed by atoms with Gasteiger partial charge in [0.2, 0.25) is 11.3 Å². The highest BCUT2D eigenvalue weighted by atomic mass is 32.2. The zero-order valence-electron chi connectivity index (χ0n) is 24.7. The number of aliphatic hydroxyl groups excluding tert-OH is 1. The average Bonchev–Trinajstić information content (AvgIpc) is 3.80. The summed E-state index contributed by atoms with van der Waals surface area (Å²) in [6, 6.07) is 1.98. The molecule has 0 spiro atoms. The Morgan fingerprint density at radius 2 is 1.96 bits per heavy atom. The molecule has 1 aromatic heterocycles. The number of piperazine rings is 1. The Morgan fingerprint density at radius 3 is 2.60 bits per heavy atom. The number of nitrogens with zero attached hydrogens (tertiary/aromatic N) is 3. The van der Waals surface area contributed by atoms with Gasteiger partial charge in [-0.25, -0.2) is 14.0 Å². The molecule has 3 aliphatic heterocycles. The Labute approximate surface area is 267 Å². The van der Waals surface area contributed by atoms with Crippen molar-refractivity contribution in [2.75, 3.05) is 36.8 Å². The van der Waals surface area contributed by atoms with Gasteiger partial charge in [-0.2, -0.15) is 0 Å². The number of pyridine rings is 1. The Kier molecular flexibility index (Phi) is 8.39. The zero-order valence-corrected chi connectivity index (χ0v) is 26.3. The van der Waals surface area contributed by atoms with Crippen LogP contribution in [0.5, 0.6) is 0 Å². The van der Waals surface area contributed by atoms with Crippen LogP contribution in [-0.4, -0.2) is 97.7 Å². The lowest BCUT2D eigenvalue weighted by molar-refractivity contribution is -0.163. The second kappa shape index (κ2) is 12.0. The first-order chi connectivity index (χ1) is 21.4. The molecule has 5 atom stereocenters. The number of carbonyl (C=O) groups excluding carboxylic acids is 1. The quantitative estimate of drug-likeness (QED) is 0.143. The monoisotopic (exact) mass is 659 g/mol. The van der Waals surface area contributed by atoms with Crippen LogP contribution < -0.4 is 21.0 Å². The van der Waals surface area contributed by atoms with E-state index in [1.54, 1.807) is 10.6 Å². The highest BCUT2D eigenvalue weighted by Gasteiger charge is 2.59. The Bertz CT molecular complexity index is 1710. The van der Waals surface area contributed by atoms with Crippen molar-refractivity contribution >= 4 is 63.4 Å². The molecule has 45 heavy (non-hydrogen) atoms. The molecule has 2 aromatic rings. The van der Waals surface area contributed by atoms with E-state index in [1.807, 2.05) is 11.8 Å². The third kappa shape index (κ3) is 5.38. The lowest BCUT2D eigenvalue weighted by Gasteiger charge is -2.46. The van der Waals surface area contributed by atoms with Crippen molar-refractivity contribution in [2.45, 2.75) is 50.9 Å². The number of β-lactam (4-membered cyclic amide) rings is 1. The predicted octanol–water partition coefficient (Wildman–Crippen LogP) is 1.76. The molecule has 4 aliphatic rings. The summed E-state index contributed by atoms with van der Waals surface area (Å²) in [5, 5.41) is 36.0. The maximum atomic E-state index is 15.7. The summed E-state index contributed by atoms with van der Waals surface area (Å²) in [7, 11) is 0. The highest BCUT2D eigenvalue weighted by molar-refractivity contribution is 8.03. The number of aromatic nitrogens is 1. The molecule has 0 bridgehead atoms. The molecule has 15 heteroatoms. The smallest absolute Gasteiger partial charge is 0.353 e. The van der Waals surface area contributed by atoms with Crippen LogP contribution >= 0.6 is 24.0 Å². The minimum atomic E-state index is -1.35. The second-order valence-corrected chi connectivity index (χ2v) is 13.5. The van der Waals surface area contributed by atoms with E-state index in [4.69, 9.17) is 12.2 Å². The van der Waals surface area contributed by atoms with Crippen molar-refractivity contribution in [3.63, 3.8) is 0 Å². The minimum absolute atomic E-state index is 0.0230. The van der Waals surface area contributed by atoms with E-state index in [1.165, 1.54) is 29.8 Å². The second-order valence-electron chi connectivity index (χ2n) is 12.0. The number of rotatable bonds is 10. The summed E-state index contributed by atoms with van der Waals surface area (Å²) in [5.74, 6) is -3.97. The van der Waals surface area contributed by atoms with Gasteiger partial charge in [0, 0.05) is 60.4 Å². The van der Waals surface area contributed by atoms with E-state index < -0.39 is 41.2 Å². The lowest BCUT2D eigenvalue weighted by atomic mass is 9.79. The first kappa shape index (κ1) is 31.5. The summed E-state index contributed by atoms with van der Waals surface area (Å²) in [4.78, 5) is 53.5. The summed E-state index contributed by atoms with van der Waals surface area (Å²) >= 11 is 7.08. The van der Waals surface area contributed by atoms with Crippen molar-refractivity contribution in [3.8, 4) is 0 Å². The number of halogens is 1. The zero-order chi connectivity index (χ0) is 32.3. The molecular formula is C30H34FN5O7S2. The van der Waals surface area contributed by atoms with Gasteiger partial charge in [-0.1, -0.05) is 19.1 Å². The number of nitrogens with one attached hydrogen (secondary N) is 2. The Balaban J connectivity index is 1.18. The van der Waals surface area contributed by atoms with Crippen LogP contribution in [-0.2, 0) is 9.59 Å². The molecule has 1 amide bonds. The Morgan fingerprint density at radius 1 is 1.22 bits per heavy atom. The highest BCUT2D eigenvalue weighted by Crippen LogP contribution is 2.50. The van der Waals surface area contributed by atoms with Gasteiger partial charge in [-0.05, 0) is 31.9 Å². The summed E-state index contributed by atoms with van der Waals surface area (Å²) < 4.78 is 17.4. The van der Waals surface area contributed by atoms with Crippen LogP contribution in [0, 0.1) is 17.7 Å². The molecule has 0 radical (unpaired) electrons. The molecule has 4 heterocycles. The van der Waals surface area contributed by atoms with Gasteiger partial charge in [0.25, 0.3) is 0 Å². The van der Waals surface area contributed by atoms with Gasteiger partial charge in [-0.15, -0.1) is 11.8 Å². The number of carboxylic acids is 2. The molecule has 3 fully saturated rings. The van der Waals surface area contributed by atoms with Gasteiger partial charge in [0.05, 0.1) is 40.3 Å². The minimum Gasteiger partial charge on any atom is -0.477 e. The number of fused-ring (bicyclic) bond motifs is 2. The van der Waals surface area contributed by atoms with Crippen LogP contribution in [0.1, 0.15) is 43.1 Å². The first-order valence-corrected chi connectivity index (χ1v) is 16.3. The molecule has 2 unspecified atom stereocenters. The number of hydrogen-bond donors (Lipinski definition) is 5. The summed E-state index contributed by atoms with van der Waals surface area (Å²) in [5.41, 5.74) is -0.397. The number of aliphatic carboxylic acids is 1. The SMILES string of the molecule is CC1C(SCCNC(=S)C2CNCCN2c2cc3c(cc2F)c(=O)c(C(=O)O)cn3C2CC2)=C(C(=O)O)N2C(=O)[C@@H]([C@@H](C)O)[C@H]12. The number of amides is 1. The number of aliphatic hydroxyl groups is 1. The fourth-order valence-electron chi connectivity index (χ4n) is 6.78. The number of thioether (sulfide) groups is 1. The van der Waals surface area contributed by atoms with E-state index in [0.717, 1.165) is 18.9 Å². The molecule has 1 aromatic carbocycles. The first-order valence-electron chi connectivity index (χ1n) is 14.9. The molecule has 2 saturated heterocycles. The van der Waals surface area contributed by atoms with E-state index in [0.29, 0.717) is 47.3 Å². The van der Waals surface area contributed by atoms with Gasteiger partial charge >= 0.3 is 11.9 Å². The largest absolute Gasteiger partial charge is 0.477 e. The van der Waals surface area contributed by atoms with Crippen molar-refractivity contribution in [1.82, 2.24) is 20.1 Å². The molecule has 240 valence electrons. The number of benzene rings is 1. The Hall–Kier alpha value is -3.53. The lowest BCUT2D eigenvalue weighted by Crippen LogP contribution is -2.63. The van der Waals surface area contributed by atoms with E-state index in [-0.39, 0.29) is 46.2 Å². The third-order valence-corrected chi connectivity index (χ3v) is 10.8. The number of aromatic carboxylic acids is 1. The van der Waals surface area contributed by atoms with E-state index in [2.05, 4.69) is 10.6 Å². The average molecular weight is 660 g/mol. The van der Waals surface area contributed by atoms with Crippen molar-refractivity contribution in [1.29, 1.82) is 0 Å². The normalized spacial score (nSPS) is 25.3. The summed E-state index contributed by atoms with van der Waals surface area (Å²) in [6.45, 7) is 5.24. The maximum absolute atomic E-state index is 15.7. The maximum Gasteiger partial charge on any atom is 0.353 e. The molecule has 5 N–H and O–H groups in total. The van der Waals surface area contributed by atoms with Crippen LogP contribution in [0.3, 0.4) is 0 Å². The fourth-order valence-corrected chi connectivity index (χ4v) is 8.24. The molecule has 12 nitrogen and oxygen atoms in total. The number of carboxylic acid groups (broad SMARTS) is 2. The molecule has 6 rings (SSSR count). The fraction of sp³-hybridized carbons (Fsp3) is 0.500.